The molecule has 1 atom stereocenters. The van der Waals surface area contributed by atoms with Gasteiger partial charge >= 0.3 is 11.9 Å². The van der Waals surface area contributed by atoms with Gasteiger partial charge in [-0.1, -0.05) is 0 Å². The second kappa shape index (κ2) is 10.1. The first-order chi connectivity index (χ1) is 12.3. The Bertz CT molecular complexity index is 812. The number of nitrogens with two attached hydrogens (primary N) is 1. The van der Waals surface area contributed by atoms with Crippen molar-refractivity contribution in [3.05, 3.63) is 34.3 Å². The van der Waals surface area contributed by atoms with Gasteiger partial charge in [0.1, 0.15) is 0 Å². The molecule has 158 valence electrons. The van der Waals surface area contributed by atoms with E-state index in [1.807, 2.05) is 0 Å². The third kappa shape index (κ3) is 6.13. The van der Waals surface area contributed by atoms with Crippen molar-refractivity contribution in [1.29, 1.82) is 0 Å². The van der Waals surface area contributed by atoms with Crippen molar-refractivity contribution in [2.75, 3.05) is 31.5 Å². The van der Waals surface area contributed by atoms with Crippen molar-refractivity contribution in [2.45, 2.75) is 25.1 Å². The van der Waals surface area contributed by atoms with E-state index in [0.29, 0.717) is 13.1 Å². The Balaban J connectivity index is 0.00000196. The molecule has 1 saturated heterocycles. The van der Waals surface area contributed by atoms with Gasteiger partial charge in [0.05, 0.1) is 5.56 Å². The minimum Gasteiger partial charge on any atom is -0.388 e. The van der Waals surface area contributed by atoms with Crippen LogP contribution in [0.25, 0.3) is 11.5 Å². The molecule has 1 fully saturated rings. The molecule has 2 aromatic rings. The molecule has 0 amide bonds. The van der Waals surface area contributed by atoms with Gasteiger partial charge in [-0.3, -0.25) is 0 Å². The fourth-order valence-corrected chi connectivity index (χ4v) is 3.07. The Morgan fingerprint density at radius 2 is 2.11 bits per heavy atom. The number of nitrogens with zero attached hydrogens (tertiary/aromatic N) is 2. The zero-order chi connectivity index (χ0) is 18.7. The lowest BCUT2D eigenvalue weighted by Gasteiger charge is -2.30. The largest absolute Gasteiger partial charge is 0.434 e. The maximum absolute atomic E-state index is 13.3. The van der Waals surface area contributed by atoms with E-state index >= 15 is 0 Å². The summed E-state index contributed by atoms with van der Waals surface area (Å²) >= 11 is 0. The molecule has 0 unspecified atom stereocenters. The Labute approximate surface area is 171 Å². The number of H-pyrrole nitrogens is 1. The van der Waals surface area contributed by atoms with Crippen LogP contribution in [0.3, 0.4) is 0 Å². The molecule has 7 nitrogen and oxygen atoms in total. The second-order valence-corrected chi connectivity index (χ2v) is 6.31. The lowest BCUT2D eigenvalue weighted by atomic mass is 10.1. The molecule has 1 aromatic carbocycles. The van der Waals surface area contributed by atoms with E-state index < -0.39 is 17.5 Å². The zero-order valence-corrected chi connectivity index (χ0v) is 16.4. The van der Waals surface area contributed by atoms with Gasteiger partial charge in [-0.15, -0.1) is 29.9 Å². The topological polar surface area (TPSA) is 100 Å². The second-order valence-electron chi connectivity index (χ2n) is 6.31. The summed E-state index contributed by atoms with van der Waals surface area (Å²) in [5.74, 6) is -0.829. The molecule has 1 aliphatic heterocycles. The molecular weight excluding hydrogens is 422 g/mol. The van der Waals surface area contributed by atoms with Crippen LogP contribution >= 0.6 is 24.8 Å². The van der Waals surface area contributed by atoms with Gasteiger partial charge < -0.3 is 20.4 Å². The van der Waals surface area contributed by atoms with Gasteiger partial charge in [0, 0.05) is 36.9 Å². The smallest absolute Gasteiger partial charge is 0.388 e. The Morgan fingerprint density at radius 3 is 2.71 bits per heavy atom. The first-order valence-corrected chi connectivity index (χ1v) is 8.32. The number of aromatic amines is 1. The highest BCUT2D eigenvalue weighted by Gasteiger charge is 2.33. The summed E-state index contributed by atoms with van der Waals surface area (Å²) in [6, 6.07) is 3.56. The van der Waals surface area contributed by atoms with Gasteiger partial charge in [0.2, 0.25) is 5.89 Å². The predicted octanol–water partition coefficient (Wildman–Crippen LogP) is 2.73. The van der Waals surface area contributed by atoms with Crippen molar-refractivity contribution < 1.29 is 17.6 Å². The van der Waals surface area contributed by atoms with Crippen molar-refractivity contribution in [3.8, 4) is 11.5 Å². The van der Waals surface area contributed by atoms with Crippen LogP contribution in [0.15, 0.2) is 27.4 Å². The molecule has 1 aromatic heterocycles. The number of benzene rings is 1. The zero-order valence-electron chi connectivity index (χ0n) is 14.8. The number of anilines is 1. The van der Waals surface area contributed by atoms with Gasteiger partial charge in [-0.05, 0) is 37.6 Å². The van der Waals surface area contributed by atoms with Crippen LogP contribution < -0.4 is 16.8 Å². The summed E-state index contributed by atoms with van der Waals surface area (Å²) in [6.45, 7) is 2.56. The van der Waals surface area contributed by atoms with Crippen molar-refractivity contribution in [3.63, 3.8) is 0 Å². The lowest BCUT2D eigenvalue weighted by molar-refractivity contribution is -0.136. The fraction of sp³-hybridized carbons (Fsp3) is 0.500. The quantitative estimate of drug-likeness (QED) is 0.656. The highest BCUT2D eigenvalue weighted by Crippen LogP contribution is 2.36. The van der Waals surface area contributed by atoms with Crippen LogP contribution in [0.4, 0.5) is 18.9 Å². The Kier molecular flexibility index (Phi) is 8.80. The minimum absolute atomic E-state index is 0. The molecule has 3 rings (SSSR count). The first-order valence-electron chi connectivity index (χ1n) is 8.32. The number of hydrogen-bond donors (Lipinski definition) is 3. The van der Waals surface area contributed by atoms with E-state index in [1.54, 1.807) is 0 Å². The van der Waals surface area contributed by atoms with E-state index in [2.05, 4.69) is 20.4 Å². The number of nitrogens with one attached hydrogen (secondary N) is 2. The average molecular weight is 444 g/mol. The molecule has 2 heterocycles. The van der Waals surface area contributed by atoms with Crippen molar-refractivity contribution >= 4 is 30.5 Å². The van der Waals surface area contributed by atoms with Gasteiger partial charge in [0.15, 0.2) is 0 Å². The van der Waals surface area contributed by atoms with Crippen LogP contribution in [-0.2, 0) is 6.18 Å². The highest BCUT2D eigenvalue weighted by atomic mass is 35.5. The van der Waals surface area contributed by atoms with E-state index in [9.17, 15) is 18.0 Å². The average Bonchev–Trinajstić information content (AvgIpc) is 3.00. The molecule has 0 radical (unpaired) electrons. The van der Waals surface area contributed by atoms with Crippen molar-refractivity contribution in [2.24, 2.45) is 5.73 Å². The fourth-order valence-electron chi connectivity index (χ4n) is 3.07. The van der Waals surface area contributed by atoms with Gasteiger partial charge in [-0.25, -0.2) is 9.89 Å². The van der Waals surface area contributed by atoms with E-state index in [4.69, 9.17) is 10.2 Å². The number of halogens is 5. The number of alkyl halides is 3. The Morgan fingerprint density at radius 1 is 1.36 bits per heavy atom. The summed E-state index contributed by atoms with van der Waals surface area (Å²) in [5, 5.41) is 8.57. The number of rotatable bonds is 5. The van der Waals surface area contributed by atoms with Crippen molar-refractivity contribution in [1.82, 2.24) is 15.1 Å². The number of likely N-dealkylation sites (tertiary alicyclic amines) is 1. The first kappa shape index (κ1) is 24.3. The summed E-state index contributed by atoms with van der Waals surface area (Å²) in [7, 11) is 0. The van der Waals surface area contributed by atoms with Crippen LogP contribution in [0.2, 0.25) is 0 Å². The molecule has 1 aliphatic rings. The lowest BCUT2D eigenvalue weighted by Crippen LogP contribution is -2.44. The van der Waals surface area contributed by atoms with Gasteiger partial charge in [0.25, 0.3) is 0 Å². The van der Waals surface area contributed by atoms with Crippen LogP contribution in [0, 0.1) is 0 Å². The molecule has 12 heteroatoms. The summed E-state index contributed by atoms with van der Waals surface area (Å²) in [4.78, 5) is 13.2. The maximum Gasteiger partial charge on any atom is 0.434 e. The Hall–Kier alpha value is -1.75. The normalized spacial score (nSPS) is 17.5. The maximum atomic E-state index is 13.3. The molecule has 0 spiro atoms. The summed E-state index contributed by atoms with van der Waals surface area (Å²) in [5.41, 5.74) is 5.33. The molecule has 0 aliphatic carbocycles. The summed E-state index contributed by atoms with van der Waals surface area (Å²) in [6.07, 6.45) is -2.54. The minimum atomic E-state index is -4.50. The molecule has 0 saturated carbocycles. The predicted molar refractivity (Wildman–Crippen MR) is 104 cm³/mol. The third-order valence-corrected chi connectivity index (χ3v) is 4.30. The monoisotopic (exact) mass is 443 g/mol. The van der Waals surface area contributed by atoms with Crippen LogP contribution in [0.5, 0.6) is 0 Å². The molecule has 0 bridgehead atoms. The number of piperidine rings is 1. The van der Waals surface area contributed by atoms with Crippen LogP contribution in [-0.4, -0.2) is 47.3 Å². The van der Waals surface area contributed by atoms with Crippen LogP contribution in [0.1, 0.15) is 18.4 Å². The molecular formula is C16H22Cl2F3N5O2. The SMILES string of the molecule is Cl.Cl.N[C@@H]1CCCN(CCNc2cc(-c3n[nH]c(=O)o3)ccc2C(F)(F)F)C1. The summed E-state index contributed by atoms with van der Waals surface area (Å²) < 4.78 is 44.6. The van der Waals surface area contributed by atoms with E-state index in [0.717, 1.165) is 32.0 Å². The highest BCUT2D eigenvalue weighted by molar-refractivity contribution is 5.85. The van der Waals surface area contributed by atoms with Gasteiger partial charge in [-0.2, -0.15) is 13.2 Å². The number of aromatic nitrogens is 2. The molecule has 28 heavy (non-hydrogen) atoms. The van der Waals surface area contributed by atoms with E-state index in [1.165, 1.54) is 12.1 Å². The van der Waals surface area contributed by atoms with E-state index in [-0.39, 0.29) is 48.0 Å². The molecule has 4 N–H and O–H groups in total. The standard InChI is InChI=1S/C16H20F3N5O2.2ClH/c17-16(18,19)12-4-3-10(14-22-23-15(25)26-14)8-13(12)21-5-7-24-6-1-2-11(20)9-24;;/h3-4,8,11,21H,1-2,5-7,9,20H2,(H,23,25);2*1H/t11-;;/m1../s1. The number of hydrogen-bond acceptors (Lipinski definition) is 6. The third-order valence-electron chi connectivity index (χ3n) is 4.30.